The van der Waals surface area contributed by atoms with E-state index in [1.165, 1.54) is 0 Å². The maximum atomic E-state index is 11.6. The average Bonchev–Trinajstić information content (AvgIpc) is 2.46. The zero-order valence-electron chi connectivity index (χ0n) is 13.0. The highest BCUT2D eigenvalue weighted by Crippen LogP contribution is 2.11. The third kappa shape index (κ3) is 6.90. The van der Waals surface area contributed by atoms with Crippen LogP contribution in [-0.2, 0) is 16.1 Å². The average molecular weight is 291 g/mol. The first-order chi connectivity index (χ1) is 10.0. The van der Waals surface area contributed by atoms with Crippen LogP contribution in [0.3, 0.4) is 0 Å². The molecule has 0 saturated heterocycles. The number of carbonyl (C=O) groups excluding carboxylic acids is 2. The largest absolute Gasteiger partial charge is 0.352 e. The Hall–Kier alpha value is -1.88. The summed E-state index contributed by atoms with van der Waals surface area (Å²) < 4.78 is 0. The van der Waals surface area contributed by atoms with Crippen LogP contribution >= 0.6 is 0 Å². The van der Waals surface area contributed by atoms with E-state index in [9.17, 15) is 9.59 Å². The van der Waals surface area contributed by atoms with Crippen LogP contribution in [0.5, 0.6) is 0 Å². The van der Waals surface area contributed by atoms with Gasteiger partial charge in [0.2, 0.25) is 11.8 Å². The fourth-order valence-electron chi connectivity index (χ4n) is 1.71. The standard InChI is InChI=1S/C16H25N3O2/c1-12(2)16(21)19-14-8-6-13(7-9-14)11-18-15(20)5-4-10-17-3/h6-9,12,17H,4-5,10-11H2,1-3H3,(H,18,20)(H,19,21). The van der Waals surface area contributed by atoms with Crippen molar-refractivity contribution >= 4 is 17.5 Å². The lowest BCUT2D eigenvalue weighted by molar-refractivity contribution is -0.121. The topological polar surface area (TPSA) is 70.2 Å². The molecule has 5 heteroatoms. The monoisotopic (exact) mass is 291 g/mol. The summed E-state index contributed by atoms with van der Waals surface area (Å²) in [4.78, 5) is 23.1. The molecule has 0 aliphatic rings. The predicted molar refractivity (Wildman–Crippen MR) is 84.9 cm³/mol. The molecule has 0 aromatic heterocycles. The highest BCUT2D eigenvalue weighted by Gasteiger charge is 2.07. The fourth-order valence-corrected chi connectivity index (χ4v) is 1.71. The molecule has 0 saturated carbocycles. The molecule has 0 heterocycles. The van der Waals surface area contributed by atoms with Crippen LogP contribution in [-0.4, -0.2) is 25.4 Å². The molecular formula is C16H25N3O2. The first-order valence-electron chi connectivity index (χ1n) is 7.34. The molecule has 1 aromatic rings. The molecule has 21 heavy (non-hydrogen) atoms. The van der Waals surface area contributed by atoms with E-state index in [1.54, 1.807) is 0 Å². The maximum Gasteiger partial charge on any atom is 0.226 e. The Bertz CT molecular complexity index is 455. The van der Waals surface area contributed by atoms with Gasteiger partial charge in [0.05, 0.1) is 0 Å². The van der Waals surface area contributed by atoms with Gasteiger partial charge in [-0.25, -0.2) is 0 Å². The van der Waals surface area contributed by atoms with Gasteiger partial charge in [-0.1, -0.05) is 26.0 Å². The number of hydrogen-bond acceptors (Lipinski definition) is 3. The highest BCUT2D eigenvalue weighted by molar-refractivity contribution is 5.92. The number of rotatable bonds is 8. The van der Waals surface area contributed by atoms with Gasteiger partial charge in [-0.15, -0.1) is 0 Å². The quantitative estimate of drug-likeness (QED) is 0.641. The van der Waals surface area contributed by atoms with Crippen molar-refractivity contribution in [1.29, 1.82) is 0 Å². The Balaban J connectivity index is 2.37. The summed E-state index contributed by atoms with van der Waals surface area (Å²) in [5.41, 5.74) is 1.79. The number of anilines is 1. The number of amides is 2. The Morgan fingerprint density at radius 1 is 1.14 bits per heavy atom. The molecule has 5 nitrogen and oxygen atoms in total. The minimum absolute atomic E-state index is 0.000543. The number of benzene rings is 1. The first kappa shape index (κ1) is 17.2. The van der Waals surface area contributed by atoms with Gasteiger partial charge in [-0.05, 0) is 37.7 Å². The molecule has 116 valence electrons. The third-order valence-electron chi connectivity index (χ3n) is 3.07. The lowest BCUT2D eigenvalue weighted by Gasteiger charge is -2.09. The molecule has 1 aromatic carbocycles. The van der Waals surface area contributed by atoms with Crippen molar-refractivity contribution in [3.8, 4) is 0 Å². The molecule has 0 spiro atoms. The molecule has 2 amide bonds. The molecule has 1 rings (SSSR count). The summed E-state index contributed by atoms with van der Waals surface area (Å²) in [6.07, 6.45) is 1.37. The second-order valence-electron chi connectivity index (χ2n) is 5.32. The predicted octanol–water partition coefficient (Wildman–Crippen LogP) is 1.90. The van der Waals surface area contributed by atoms with E-state index in [-0.39, 0.29) is 17.7 Å². The smallest absolute Gasteiger partial charge is 0.226 e. The van der Waals surface area contributed by atoms with Gasteiger partial charge in [0.25, 0.3) is 0 Å². The zero-order valence-corrected chi connectivity index (χ0v) is 13.0. The first-order valence-corrected chi connectivity index (χ1v) is 7.34. The van der Waals surface area contributed by atoms with Crippen LogP contribution in [0.15, 0.2) is 24.3 Å². The van der Waals surface area contributed by atoms with Crippen LogP contribution < -0.4 is 16.0 Å². The van der Waals surface area contributed by atoms with Crippen molar-refractivity contribution in [1.82, 2.24) is 10.6 Å². The molecule has 0 radical (unpaired) electrons. The number of carbonyl (C=O) groups is 2. The van der Waals surface area contributed by atoms with Crippen molar-refractivity contribution in [2.45, 2.75) is 33.2 Å². The minimum Gasteiger partial charge on any atom is -0.352 e. The van der Waals surface area contributed by atoms with Crippen molar-refractivity contribution in [2.24, 2.45) is 5.92 Å². The van der Waals surface area contributed by atoms with E-state index >= 15 is 0 Å². The van der Waals surface area contributed by atoms with Crippen LogP contribution in [0.25, 0.3) is 0 Å². The lowest BCUT2D eigenvalue weighted by atomic mass is 10.1. The van der Waals surface area contributed by atoms with E-state index in [2.05, 4.69) is 16.0 Å². The molecule has 3 N–H and O–H groups in total. The summed E-state index contributed by atoms with van der Waals surface area (Å²) in [7, 11) is 1.87. The van der Waals surface area contributed by atoms with E-state index < -0.39 is 0 Å². The van der Waals surface area contributed by atoms with Gasteiger partial charge >= 0.3 is 0 Å². The molecule has 0 aliphatic heterocycles. The van der Waals surface area contributed by atoms with Crippen LogP contribution in [0.1, 0.15) is 32.3 Å². The van der Waals surface area contributed by atoms with Gasteiger partial charge in [0.1, 0.15) is 0 Å². The summed E-state index contributed by atoms with van der Waals surface area (Å²) in [5, 5.41) is 8.73. The van der Waals surface area contributed by atoms with Crippen molar-refractivity contribution in [2.75, 3.05) is 18.9 Å². The van der Waals surface area contributed by atoms with E-state index in [1.807, 2.05) is 45.2 Å². The van der Waals surface area contributed by atoms with Gasteiger partial charge in [0.15, 0.2) is 0 Å². The van der Waals surface area contributed by atoms with Gasteiger partial charge < -0.3 is 16.0 Å². The molecule has 0 atom stereocenters. The Morgan fingerprint density at radius 2 is 1.81 bits per heavy atom. The van der Waals surface area contributed by atoms with Crippen LogP contribution in [0.2, 0.25) is 0 Å². The summed E-state index contributed by atoms with van der Waals surface area (Å²) in [6.45, 7) is 5.06. The maximum absolute atomic E-state index is 11.6. The van der Waals surface area contributed by atoms with Crippen LogP contribution in [0, 0.1) is 5.92 Å². The van der Waals surface area contributed by atoms with Crippen LogP contribution in [0.4, 0.5) is 5.69 Å². The summed E-state index contributed by atoms with van der Waals surface area (Å²) in [5.74, 6) is 0.0181. The second kappa shape index (κ2) is 9.13. The number of hydrogen-bond donors (Lipinski definition) is 3. The summed E-state index contributed by atoms with van der Waals surface area (Å²) in [6, 6.07) is 7.51. The molecule has 0 unspecified atom stereocenters. The third-order valence-corrected chi connectivity index (χ3v) is 3.07. The Kier molecular flexibility index (Phi) is 7.46. The molecule has 0 aliphatic carbocycles. The lowest BCUT2D eigenvalue weighted by Crippen LogP contribution is -2.23. The van der Waals surface area contributed by atoms with E-state index in [0.717, 1.165) is 24.2 Å². The van der Waals surface area contributed by atoms with E-state index in [0.29, 0.717) is 13.0 Å². The van der Waals surface area contributed by atoms with Crippen molar-refractivity contribution < 1.29 is 9.59 Å². The normalized spacial score (nSPS) is 10.5. The fraction of sp³-hybridized carbons (Fsp3) is 0.500. The van der Waals surface area contributed by atoms with Crippen molar-refractivity contribution in [3.05, 3.63) is 29.8 Å². The van der Waals surface area contributed by atoms with Gasteiger partial charge in [0, 0.05) is 24.6 Å². The van der Waals surface area contributed by atoms with E-state index in [4.69, 9.17) is 0 Å². The Morgan fingerprint density at radius 3 is 2.38 bits per heavy atom. The summed E-state index contributed by atoms with van der Waals surface area (Å²) >= 11 is 0. The number of nitrogens with one attached hydrogen (secondary N) is 3. The highest BCUT2D eigenvalue weighted by atomic mass is 16.2. The SMILES string of the molecule is CNCCCC(=O)NCc1ccc(NC(=O)C(C)C)cc1. The molecule has 0 bridgehead atoms. The zero-order chi connectivity index (χ0) is 15.7. The van der Waals surface area contributed by atoms with Gasteiger partial charge in [-0.2, -0.15) is 0 Å². The van der Waals surface area contributed by atoms with Crippen molar-refractivity contribution in [3.63, 3.8) is 0 Å². The molecule has 0 fully saturated rings. The second-order valence-corrected chi connectivity index (χ2v) is 5.32. The van der Waals surface area contributed by atoms with Gasteiger partial charge in [-0.3, -0.25) is 9.59 Å². The molecular weight excluding hydrogens is 266 g/mol. The minimum atomic E-state index is -0.0402. The Labute approximate surface area is 126 Å².